The van der Waals surface area contributed by atoms with Crippen LogP contribution in [0.15, 0.2) is 106 Å². The molecule has 0 fully saturated rings. The highest BCUT2D eigenvalue weighted by Crippen LogP contribution is 2.44. The molecular weight excluding hydrogens is 710 g/mol. The molecule has 0 aliphatic carbocycles. The average Bonchev–Trinajstić information content (AvgIpc) is 3.47. The van der Waals surface area contributed by atoms with E-state index in [1.807, 2.05) is 0 Å². The van der Waals surface area contributed by atoms with E-state index < -0.39 is 41.7 Å². The van der Waals surface area contributed by atoms with Gasteiger partial charge in [-0.15, -0.1) is 0 Å². The molecule has 1 aliphatic heterocycles. The Morgan fingerprint density at radius 3 is 2.47 bits per heavy atom. The lowest BCUT2D eigenvalue weighted by molar-refractivity contribution is -0.137. The number of halogens is 5. The Bertz CT molecular complexity index is 1880. The van der Waals surface area contributed by atoms with Gasteiger partial charge in [-0.3, -0.25) is 4.79 Å². The highest BCUT2D eigenvalue weighted by atomic mass is 79.9. The first-order valence-corrected chi connectivity index (χ1v) is 15.9. The maximum atomic E-state index is 14.6. The summed E-state index contributed by atoms with van der Waals surface area (Å²) in [5.41, 5.74) is 8.30. The zero-order valence-corrected chi connectivity index (χ0v) is 27.4. The number of hydrogen-bond acceptors (Lipinski definition) is 6. The van der Waals surface area contributed by atoms with Crippen molar-refractivity contribution in [3.05, 3.63) is 145 Å². The summed E-state index contributed by atoms with van der Waals surface area (Å²) in [5, 5.41) is 15.5. The van der Waals surface area contributed by atoms with Crippen LogP contribution >= 0.6 is 15.9 Å². The quantitative estimate of drug-likeness (QED) is 0.0474. The van der Waals surface area contributed by atoms with E-state index >= 15 is 0 Å². The topological polar surface area (TPSA) is 129 Å². The molecular formula is C35H30BrF4N5O4. The standard InChI is InChI=1S/C35H30BrF4N5O4/c36-30-9-4-2-6-24(30)19-34(33(47)42-20-22-16-26(35(38,39)40)18-27(37)17-22)31(29-8-3-1-7-25(29)21-43-45-41)49-32(44-34)23-10-12-28(13-11-23)48-15-5-14-46/h1-4,6-13,16-18,31,46H,5,14-15,19-21H2,(H,42,47)/t31-,34-/m1/s1. The lowest BCUT2D eigenvalue weighted by Gasteiger charge is -2.32. The predicted molar refractivity (Wildman–Crippen MR) is 177 cm³/mol. The van der Waals surface area contributed by atoms with Gasteiger partial charge in [0.2, 0.25) is 5.90 Å². The first-order valence-electron chi connectivity index (χ1n) is 15.1. The Balaban J connectivity index is 1.61. The lowest BCUT2D eigenvalue weighted by Crippen LogP contribution is -2.50. The number of azide groups is 1. The van der Waals surface area contributed by atoms with Gasteiger partial charge < -0.3 is 19.9 Å². The normalized spacial score (nSPS) is 17.1. The monoisotopic (exact) mass is 739 g/mol. The van der Waals surface area contributed by atoms with Crippen LogP contribution in [0.1, 0.15) is 45.9 Å². The second-order valence-electron chi connectivity index (χ2n) is 11.2. The van der Waals surface area contributed by atoms with Crippen molar-refractivity contribution in [3.8, 4) is 5.75 Å². The Labute approximate surface area is 287 Å². The number of nitrogens with one attached hydrogen (secondary N) is 1. The fraction of sp³-hybridized carbons (Fsp3) is 0.257. The summed E-state index contributed by atoms with van der Waals surface area (Å²) in [4.78, 5) is 22.4. The molecule has 5 rings (SSSR count). The third-order valence-electron chi connectivity index (χ3n) is 7.83. The van der Waals surface area contributed by atoms with E-state index in [1.54, 1.807) is 72.8 Å². The molecule has 49 heavy (non-hydrogen) atoms. The van der Waals surface area contributed by atoms with Crippen molar-refractivity contribution < 1.29 is 36.9 Å². The average molecular weight is 741 g/mol. The summed E-state index contributed by atoms with van der Waals surface area (Å²) in [6.45, 7) is -0.203. The molecule has 0 saturated carbocycles. The fourth-order valence-corrected chi connectivity index (χ4v) is 5.91. The summed E-state index contributed by atoms with van der Waals surface area (Å²) in [6.07, 6.45) is -5.46. The van der Waals surface area contributed by atoms with Gasteiger partial charge in [0.15, 0.2) is 11.6 Å². The number of ether oxygens (including phenoxy) is 2. The summed E-state index contributed by atoms with van der Waals surface area (Å²) >= 11 is 3.55. The third-order valence-corrected chi connectivity index (χ3v) is 8.60. The summed E-state index contributed by atoms with van der Waals surface area (Å²) in [5.74, 6) is -1.14. The number of carbonyl (C=O) groups excluding carboxylic acids is 1. The van der Waals surface area contributed by atoms with Crippen molar-refractivity contribution in [2.24, 2.45) is 10.1 Å². The smallest absolute Gasteiger partial charge is 0.416 e. The molecule has 4 aromatic rings. The van der Waals surface area contributed by atoms with Gasteiger partial charge in [0.05, 0.1) is 18.7 Å². The summed E-state index contributed by atoms with van der Waals surface area (Å²) in [6, 6.07) is 23.0. The van der Waals surface area contributed by atoms with E-state index in [0.717, 1.165) is 12.1 Å². The Morgan fingerprint density at radius 2 is 1.78 bits per heavy atom. The number of hydrogen-bond donors (Lipinski definition) is 2. The highest BCUT2D eigenvalue weighted by molar-refractivity contribution is 9.10. The maximum absolute atomic E-state index is 14.6. The largest absolute Gasteiger partial charge is 0.494 e. The van der Waals surface area contributed by atoms with Gasteiger partial charge in [0.25, 0.3) is 5.91 Å². The molecule has 0 spiro atoms. The number of aliphatic hydroxyl groups is 1. The number of aliphatic hydroxyl groups excluding tert-OH is 1. The molecule has 254 valence electrons. The number of amides is 1. The van der Waals surface area contributed by atoms with Crippen molar-refractivity contribution in [1.82, 2.24) is 5.32 Å². The predicted octanol–water partition coefficient (Wildman–Crippen LogP) is 7.99. The number of benzene rings is 4. The fourth-order valence-electron chi connectivity index (χ4n) is 5.48. The zero-order chi connectivity index (χ0) is 35.0. The molecule has 0 aromatic heterocycles. The van der Waals surface area contributed by atoms with Crippen molar-refractivity contribution in [2.45, 2.75) is 43.8 Å². The Morgan fingerprint density at radius 1 is 1.06 bits per heavy atom. The number of carbonyl (C=O) groups is 1. The minimum atomic E-state index is -4.79. The van der Waals surface area contributed by atoms with Gasteiger partial charge >= 0.3 is 6.18 Å². The van der Waals surface area contributed by atoms with Gasteiger partial charge in [-0.1, -0.05) is 63.5 Å². The van der Waals surface area contributed by atoms with E-state index in [9.17, 15) is 22.4 Å². The molecule has 0 bridgehead atoms. The van der Waals surface area contributed by atoms with Crippen LogP contribution in [0, 0.1) is 5.82 Å². The van der Waals surface area contributed by atoms with Crippen LogP contribution < -0.4 is 10.1 Å². The van der Waals surface area contributed by atoms with Crippen LogP contribution in [0.25, 0.3) is 10.4 Å². The number of alkyl halides is 3. The molecule has 1 amide bonds. The molecule has 14 heteroatoms. The van der Waals surface area contributed by atoms with E-state index in [1.165, 1.54) is 0 Å². The summed E-state index contributed by atoms with van der Waals surface area (Å²) in [7, 11) is 0. The van der Waals surface area contributed by atoms with Gasteiger partial charge in [-0.25, -0.2) is 9.38 Å². The van der Waals surface area contributed by atoms with Crippen LogP contribution in [-0.4, -0.2) is 35.7 Å². The van der Waals surface area contributed by atoms with Crippen LogP contribution in [0.2, 0.25) is 0 Å². The first kappa shape index (κ1) is 35.4. The molecule has 1 aliphatic rings. The Kier molecular flexibility index (Phi) is 11.2. The highest BCUT2D eigenvalue weighted by Gasteiger charge is 2.54. The minimum absolute atomic E-state index is 0.0182. The van der Waals surface area contributed by atoms with Crippen molar-refractivity contribution in [1.29, 1.82) is 0 Å². The van der Waals surface area contributed by atoms with Crippen LogP contribution in [0.5, 0.6) is 5.75 Å². The lowest BCUT2D eigenvalue weighted by atomic mass is 9.80. The molecule has 9 nitrogen and oxygen atoms in total. The second kappa shape index (κ2) is 15.5. The molecule has 2 atom stereocenters. The SMILES string of the molecule is [N-]=[N+]=NCc1ccccc1[C@H]1OC(c2ccc(OCCCO)cc2)=N[C@@]1(Cc1ccccc1Br)C(=O)NCc1cc(F)cc(C(F)(F)F)c1. The molecule has 1 heterocycles. The number of rotatable bonds is 13. The van der Waals surface area contributed by atoms with E-state index in [2.05, 4.69) is 31.3 Å². The maximum Gasteiger partial charge on any atom is 0.416 e. The van der Waals surface area contributed by atoms with Crippen molar-refractivity contribution >= 4 is 27.7 Å². The summed E-state index contributed by atoms with van der Waals surface area (Å²) < 4.78 is 67.5. The van der Waals surface area contributed by atoms with Gasteiger partial charge in [-0.05, 0) is 76.3 Å². The second-order valence-corrected chi connectivity index (χ2v) is 12.0. The molecule has 2 N–H and O–H groups in total. The van der Waals surface area contributed by atoms with Crippen LogP contribution in [0.3, 0.4) is 0 Å². The molecule has 0 unspecified atom stereocenters. The van der Waals surface area contributed by atoms with Gasteiger partial charge in [0, 0.05) is 40.9 Å². The van der Waals surface area contributed by atoms with Crippen LogP contribution in [0.4, 0.5) is 17.6 Å². The van der Waals surface area contributed by atoms with Crippen molar-refractivity contribution in [3.63, 3.8) is 0 Å². The number of aliphatic imine (C=N–C) groups is 1. The van der Waals surface area contributed by atoms with E-state index in [-0.39, 0.29) is 31.0 Å². The Hall–Kier alpha value is -4.91. The van der Waals surface area contributed by atoms with E-state index in [4.69, 9.17) is 25.1 Å². The third kappa shape index (κ3) is 8.40. The van der Waals surface area contributed by atoms with Crippen LogP contribution in [-0.2, 0) is 35.2 Å². The van der Waals surface area contributed by atoms with Gasteiger partial charge in [-0.2, -0.15) is 13.2 Å². The minimum Gasteiger partial charge on any atom is -0.494 e. The zero-order valence-electron chi connectivity index (χ0n) is 25.8. The number of nitrogens with zero attached hydrogens (tertiary/aromatic N) is 4. The molecule has 0 saturated heterocycles. The molecule has 0 radical (unpaired) electrons. The first-order chi connectivity index (χ1) is 23.5. The van der Waals surface area contributed by atoms with Gasteiger partial charge in [0.1, 0.15) is 11.6 Å². The van der Waals surface area contributed by atoms with E-state index in [0.29, 0.717) is 51.6 Å². The molecule has 4 aromatic carbocycles. The van der Waals surface area contributed by atoms with Crippen molar-refractivity contribution in [2.75, 3.05) is 13.2 Å².